The molecule has 0 aromatic heterocycles. The second kappa shape index (κ2) is 5.53. The molecule has 45 valence electrons. The third-order valence-electron chi connectivity index (χ3n) is 0.231. The molecule has 0 saturated carbocycles. The first-order valence-electron chi connectivity index (χ1n) is 4.16. The number of phosphoric ester groups is 1. The molecule has 0 aromatic rings. The standard InChI is InChI=1S/C2H7O4P.K/c1-5-7(3,4)6-2;/h1-2H3,(H,3,4);/i1D3,2D3;. The molecule has 0 rings (SSSR count). The van der Waals surface area contributed by atoms with Crippen LogP contribution in [0.1, 0.15) is 8.22 Å². The fourth-order valence-corrected chi connectivity index (χ4v) is 0.0559. The fourth-order valence-electron chi connectivity index (χ4n) is 0.0186. The molecular weight excluding hydrogens is 158 g/mol. The van der Waals surface area contributed by atoms with Crippen molar-refractivity contribution in [2.75, 3.05) is 14.1 Å². The minimum atomic E-state index is -5.06. The second-order valence-corrected chi connectivity index (χ2v) is 1.95. The molecule has 0 atom stereocenters. The van der Waals surface area contributed by atoms with Crippen LogP contribution in [0.2, 0.25) is 0 Å². The molecule has 1 N–H and O–H groups in total. The van der Waals surface area contributed by atoms with Crippen LogP contribution >= 0.6 is 7.82 Å². The van der Waals surface area contributed by atoms with Crippen LogP contribution in [0.25, 0.3) is 0 Å². The fraction of sp³-hybridized carbons (Fsp3) is 1.00. The Balaban J connectivity index is 0. The van der Waals surface area contributed by atoms with E-state index in [0.717, 1.165) is 0 Å². The minimum absolute atomic E-state index is 0. The van der Waals surface area contributed by atoms with Crippen LogP contribution in [-0.4, -0.2) is 70.4 Å². The van der Waals surface area contributed by atoms with E-state index in [0.29, 0.717) is 0 Å². The van der Waals surface area contributed by atoms with Crippen molar-refractivity contribution < 1.29 is 26.7 Å². The van der Waals surface area contributed by atoms with Gasteiger partial charge in [-0.1, -0.05) is 0 Å². The van der Waals surface area contributed by atoms with Crippen LogP contribution in [0.5, 0.6) is 0 Å². The van der Waals surface area contributed by atoms with Gasteiger partial charge in [-0.25, -0.2) is 4.57 Å². The van der Waals surface area contributed by atoms with Gasteiger partial charge in [0.05, 0.1) is 8.22 Å². The first-order valence-corrected chi connectivity index (χ1v) is 2.65. The summed E-state index contributed by atoms with van der Waals surface area (Å²) in [7, 11) is -11.4. The Labute approximate surface area is 99.0 Å². The van der Waals surface area contributed by atoms with Crippen LogP contribution in [0, 0.1) is 0 Å². The summed E-state index contributed by atoms with van der Waals surface area (Å²) in [5.41, 5.74) is 0. The molecule has 0 heterocycles. The molecule has 0 unspecified atom stereocenters. The average molecular weight is 171 g/mol. The van der Waals surface area contributed by atoms with E-state index in [1.54, 1.807) is 0 Å². The number of rotatable bonds is 2. The van der Waals surface area contributed by atoms with Crippen LogP contribution in [0.3, 0.4) is 0 Å². The molecule has 0 spiro atoms. The van der Waals surface area contributed by atoms with Crippen molar-refractivity contribution >= 4 is 59.2 Å². The monoisotopic (exact) mass is 171 g/mol. The van der Waals surface area contributed by atoms with Gasteiger partial charge in [-0.15, -0.1) is 0 Å². The van der Waals surface area contributed by atoms with E-state index in [2.05, 4.69) is 9.05 Å². The predicted octanol–water partition coefficient (Wildman–Crippen LogP) is -0.00120. The van der Waals surface area contributed by atoms with Crippen molar-refractivity contribution in [3.63, 3.8) is 0 Å². The molecule has 0 aliphatic heterocycles. The molecule has 6 heteroatoms. The number of hydrogen-bond donors (Lipinski definition) is 1. The summed E-state index contributed by atoms with van der Waals surface area (Å²) in [4.78, 5) is 8.58. The Morgan fingerprint density at radius 2 is 2.00 bits per heavy atom. The summed E-state index contributed by atoms with van der Waals surface area (Å²) in [6.45, 7) is 0. The minimum Gasteiger partial charge on any atom is -0.303 e. The summed E-state index contributed by atoms with van der Waals surface area (Å²) >= 11 is 0. The van der Waals surface area contributed by atoms with E-state index in [4.69, 9.17) is 13.1 Å². The largest absolute Gasteiger partial charge is 0.471 e. The van der Waals surface area contributed by atoms with Crippen molar-refractivity contribution in [2.24, 2.45) is 0 Å². The SMILES string of the molecule is [2H]C([2H])([2H])OP(=O)(O)OC([2H])([2H])[2H].[K]. The number of hydrogen-bond acceptors (Lipinski definition) is 3. The van der Waals surface area contributed by atoms with Crippen molar-refractivity contribution in [1.29, 1.82) is 0 Å². The number of phosphoric acid groups is 1. The van der Waals surface area contributed by atoms with Gasteiger partial charge in [-0.05, 0) is 0 Å². The van der Waals surface area contributed by atoms with Gasteiger partial charge in [0.2, 0.25) is 0 Å². The summed E-state index contributed by atoms with van der Waals surface area (Å²) in [5.74, 6) is 0. The van der Waals surface area contributed by atoms with Crippen molar-refractivity contribution in [1.82, 2.24) is 0 Å². The van der Waals surface area contributed by atoms with Crippen molar-refractivity contribution in [3.8, 4) is 0 Å². The molecule has 0 aromatic carbocycles. The van der Waals surface area contributed by atoms with Gasteiger partial charge >= 0.3 is 7.82 Å². The van der Waals surface area contributed by atoms with E-state index < -0.39 is 21.9 Å². The maximum atomic E-state index is 10.6. The third kappa shape index (κ3) is 5.88. The first-order chi connectivity index (χ1) is 5.41. The van der Waals surface area contributed by atoms with E-state index in [-0.39, 0.29) is 51.4 Å². The Hall–Kier alpha value is 1.75. The molecular formula is C2H7KO4P. The van der Waals surface area contributed by atoms with E-state index in [1.807, 2.05) is 0 Å². The zero-order valence-corrected chi connectivity index (χ0v) is 8.14. The quantitative estimate of drug-likeness (QED) is 0.469. The topological polar surface area (TPSA) is 55.8 Å². The summed E-state index contributed by atoms with van der Waals surface area (Å²) in [5, 5.41) is 0. The smallest absolute Gasteiger partial charge is 0.303 e. The molecule has 0 saturated heterocycles. The van der Waals surface area contributed by atoms with E-state index >= 15 is 0 Å². The van der Waals surface area contributed by atoms with Crippen LogP contribution < -0.4 is 0 Å². The maximum absolute atomic E-state index is 10.6. The summed E-state index contributed by atoms with van der Waals surface area (Å²) in [6, 6.07) is 0. The Morgan fingerprint density at radius 1 is 1.62 bits per heavy atom. The van der Waals surface area contributed by atoms with Gasteiger partial charge < -0.3 is 4.89 Å². The molecule has 0 fully saturated rings. The molecule has 0 amide bonds. The molecule has 8 heavy (non-hydrogen) atoms. The Kier molecular flexibility index (Phi) is 2.73. The Bertz CT molecular complexity index is 203. The average Bonchev–Trinajstić information content (AvgIpc) is 1.43. The molecule has 0 aliphatic rings. The summed E-state index contributed by atoms with van der Waals surface area (Å²) < 4.78 is 56.2. The third-order valence-corrected chi connectivity index (χ3v) is 0.692. The van der Waals surface area contributed by atoms with Gasteiger partial charge in [0.25, 0.3) is 0 Å². The molecule has 4 nitrogen and oxygen atoms in total. The molecule has 0 aliphatic carbocycles. The maximum Gasteiger partial charge on any atom is 0.471 e. The first kappa shape index (κ1) is 3.95. The molecule has 1 radical (unpaired) electrons. The Morgan fingerprint density at radius 3 is 2.25 bits per heavy atom. The zero-order chi connectivity index (χ0) is 10.9. The van der Waals surface area contributed by atoms with Gasteiger partial charge in [0.1, 0.15) is 0 Å². The van der Waals surface area contributed by atoms with E-state index in [9.17, 15) is 4.57 Å². The van der Waals surface area contributed by atoms with Crippen LogP contribution in [0.4, 0.5) is 0 Å². The van der Waals surface area contributed by atoms with Gasteiger partial charge in [-0.2, -0.15) is 0 Å². The van der Waals surface area contributed by atoms with Gasteiger partial charge in [0.15, 0.2) is 0 Å². The normalized spacial score (nSPS) is 24.6. The van der Waals surface area contributed by atoms with Crippen molar-refractivity contribution in [3.05, 3.63) is 0 Å². The van der Waals surface area contributed by atoms with Gasteiger partial charge in [-0.3, -0.25) is 9.05 Å². The summed E-state index contributed by atoms with van der Waals surface area (Å²) in [6.07, 6.45) is 0. The van der Waals surface area contributed by atoms with Crippen LogP contribution in [-0.2, 0) is 13.6 Å². The van der Waals surface area contributed by atoms with Crippen LogP contribution in [0.15, 0.2) is 0 Å². The van der Waals surface area contributed by atoms with Crippen molar-refractivity contribution in [2.45, 2.75) is 0 Å². The predicted molar refractivity (Wildman–Crippen MR) is 29.6 cm³/mol. The van der Waals surface area contributed by atoms with Gasteiger partial charge in [0, 0.05) is 65.5 Å². The second-order valence-electron chi connectivity index (χ2n) is 0.651. The molecule has 0 bridgehead atoms. The van der Waals surface area contributed by atoms with E-state index in [1.165, 1.54) is 0 Å². The zero-order valence-electron chi connectivity index (χ0n) is 10.1.